The van der Waals surface area contributed by atoms with Crippen molar-refractivity contribution in [3.05, 3.63) is 83.9 Å². The minimum Gasteiger partial charge on any atom is -0.322 e. The topological polar surface area (TPSA) is 104 Å². The normalized spacial score (nSPS) is 15.2. The second-order valence-corrected chi connectivity index (χ2v) is 9.92. The predicted molar refractivity (Wildman–Crippen MR) is 133 cm³/mol. The number of benzene rings is 2. The lowest BCUT2D eigenvalue weighted by Gasteiger charge is -2.28. The molecule has 4 aromatic rings. The van der Waals surface area contributed by atoms with E-state index in [1.807, 2.05) is 31.2 Å². The Labute approximate surface area is 202 Å². The van der Waals surface area contributed by atoms with Gasteiger partial charge in [0.25, 0.3) is 5.91 Å². The van der Waals surface area contributed by atoms with Crippen LogP contribution in [0.2, 0.25) is 0 Å². The number of carbonyl (C=O) groups is 1. The molecule has 2 aromatic carbocycles. The third-order valence-electron chi connectivity index (χ3n) is 5.86. The molecule has 1 aliphatic heterocycles. The Morgan fingerprint density at radius 3 is 2.77 bits per heavy atom. The van der Waals surface area contributed by atoms with Crippen molar-refractivity contribution in [3.8, 4) is 11.3 Å². The van der Waals surface area contributed by atoms with Gasteiger partial charge in [0.2, 0.25) is 0 Å². The molecule has 1 aliphatic rings. The van der Waals surface area contributed by atoms with Crippen LogP contribution in [0, 0.1) is 12.7 Å². The maximum Gasteiger partial charge on any atom is 0.301 e. The van der Waals surface area contributed by atoms with Crippen LogP contribution in [0.15, 0.2) is 67.0 Å². The van der Waals surface area contributed by atoms with Crippen molar-refractivity contribution in [1.82, 2.24) is 14.7 Å². The number of rotatable bonds is 4. The Kier molecular flexibility index (Phi) is 5.91. The summed E-state index contributed by atoms with van der Waals surface area (Å²) >= 11 is 0. The van der Waals surface area contributed by atoms with Gasteiger partial charge in [-0.15, -0.1) is 0 Å². The Bertz CT molecular complexity index is 1560. The zero-order chi connectivity index (χ0) is 24.6. The van der Waals surface area contributed by atoms with Crippen LogP contribution in [0.5, 0.6) is 0 Å². The minimum absolute atomic E-state index is 0.168. The molecule has 35 heavy (non-hydrogen) atoms. The first kappa shape index (κ1) is 22.9. The van der Waals surface area contributed by atoms with E-state index in [1.165, 1.54) is 12.1 Å². The molecule has 0 unspecified atom stereocenters. The summed E-state index contributed by atoms with van der Waals surface area (Å²) in [5, 5.41) is 3.65. The van der Waals surface area contributed by atoms with Crippen molar-refractivity contribution in [2.75, 3.05) is 22.7 Å². The van der Waals surface area contributed by atoms with Gasteiger partial charge in [-0.2, -0.15) is 13.1 Å². The highest BCUT2D eigenvalue weighted by Crippen LogP contribution is 2.28. The first-order valence-electron chi connectivity index (χ1n) is 11.0. The summed E-state index contributed by atoms with van der Waals surface area (Å²) in [6.45, 7) is 2.53. The highest BCUT2D eigenvalue weighted by atomic mass is 32.2. The third-order valence-corrected chi connectivity index (χ3v) is 7.40. The van der Waals surface area contributed by atoms with E-state index in [0.717, 1.165) is 38.1 Å². The van der Waals surface area contributed by atoms with Crippen molar-refractivity contribution < 1.29 is 17.6 Å². The number of aryl methyl sites for hydroxylation is 1. The van der Waals surface area contributed by atoms with E-state index >= 15 is 0 Å². The third kappa shape index (κ3) is 4.58. The molecular weight excluding hydrogens is 469 g/mol. The number of carbonyl (C=O) groups excluding carboxylic acids is 1. The summed E-state index contributed by atoms with van der Waals surface area (Å²) in [5.74, 6) is -1.45. The second-order valence-electron chi connectivity index (χ2n) is 8.24. The zero-order valence-electron chi connectivity index (χ0n) is 18.8. The molecule has 8 nitrogen and oxygen atoms in total. The SMILES string of the molecule is Cc1ccc(NC(=O)c2ccc(N3CCCNS3(=O)=O)cc2F)cc1-c1ccc2cnccc2n1. The fraction of sp³-hybridized carbons (Fsp3) is 0.160. The van der Waals surface area contributed by atoms with Crippen LogP contribution in [-0.2, 0) is 10.2 Å². The molecule has 178 valence electrons. The average Bonchev–Trinajstić information content (AvgIpc) is 2.84. The zero-order valence-corrected chi connectivity index (χ0v) is 19.6. The summed E-state index contributed by atoms with van der Waals surface area (Å²) < 4.78 is 42.8. The number of fused-ring (bicyclic) bond motifs is 1. The van der Waals surface area contributed by atoms with Crippen LogP contribution in [0.3, 0.4) is 0 Å². The Morgan fingerprint density at radius 1 is 1.11 bits per heavy atom. The van der Waals surface area contributed by atoms with Crippen molar-refractivity contribution in [2.45, 2.75) is 13.3 Å². The highest BCUT2D eigenvalue weighted by Gasteiger charge is 2.26. The van der Waals surface area contributed by atoms with Crippen LogP contribution in [-0.4, -0.2) is 37.4 Å². The number of pyridine rings is 2. The van der Waals surface area contributed by atoms with E-state index < -0.39 is 21.9 Å². The van der Waals surface area contributed by atoms with Gasteiger partial charge in [-0.3, -0.25) is 14.1 Å². The second kappa shape index (κ2) is 9.05. The summed E-state index contributed by atoms with van der Waals surface area (Å²) in [7, 11) is -3.72. The molecule has 2 N–H and O–H groups in total. The molecule has 3 heterocycles. The van der Waals surface area contributed by atoms with Crippen molar-refractivity contribution in [3.63, 3.8) is 0 Å². The van der Waals surface area contributed by atoms with Crippen LogP contribution >= 0.6 is 0 Å². The van der Waals surface area contributed by atoms with Crippen LogP contribution in [0.25, 0.3) is 22.2 Å². The number of anilines is 2. The Morgan fingerprint density at radius 2 is 1.97 bits per heavy atom. The number of hydrogen-bond acceptors (Lipinski definition) is 5. The van der Waals surface area contributed by atoms with Gasteiger partial charge in [-0.05, 0) is 67.4 Å². The van der Waals surface area contributed by atoms with E-state index in [1.54, 1.807) is 24.5 Å². The standard InChI is InChI=1S/C25H22FN5O3S/c1-16-3-5-18(13-21(16)24-8-4-17-15-27-11-9-23(17)30-24)29-25(32)20-7-6-19(14-22(20)26)31-12-2-10-28-35(31,33)34/h3-9,11,13-15,28H,2,10,12H2,1H3,(H,29,32). The Balaban J connectivity index is 1.40. The largest absolute Gasteiger partial charge is 0.322 e. The van der Waals surface area contributed by atoms with Crippen molar-refractivity contribution >= 4 is 38.4 Å². The summed E-state index contributed by atoms with van der Waals surface area (Å²) in [4.78, 5) is 21.6. The van der Waals surface area contributed by atoms with Gasteiger partial charge in [0.1, 0.15) is 5.82 Å². The van der Waals surface area contributed by atoms with E-state index in [9.17, 15) is 17.6 Å². The van der Waals surface area contributed by atoms with Gasteiger partial charge in [0.05, 0.1) is 22.5 Å². The predicted octanol–water partition coefficient (Wildman–Crippen LogP) is 4.04. The molecule has 1 saturated heterocycles. The van der Waals surface area contributed by atoms with E-state index in [2.05, 4.69) is 15.0 Å². The number of halogens is 1. The lowest BCUT2D eigenvalue weighted by molar-refractivity contribution is 0.102. The summed E-state index contributed by atoms with van der Waals surface area (Å²) in [6.07, 6.45) is 4.02. The number of amides is 1. The minimum atomic E-state index is -3.72. The molecule has 0 aliphatic carbocycles. The van der Waals surface area contributed by atoms with Gasteiger partial charge < -0.3 is 5.32 Å². The average molecular weight is 492 g/mol. The molecule has 0 spiro atoms. The molecule has 5 rings (SSSR count). The van der Waals surface area contributed by atoms with Gasteiger partial charge >= 0.3 is 10.2 Å². The smallest absolute Gasteiger partial charge is 0.301 e. The number of nitrogens with one attached hydrogen (secondary N) is 2. The van der Waals surface area contributed by atoms with E-state index in [0.29, 0.717) is 18.7 Å². The molecule has 0 saturated carbocycles. The molecular formula is C25H22FN5O3S. The van der Waals surface area contributed by atoms with E-state index in [4.69, 9.17) is 4.98 Å². The molecule has 0 atom stereocenters. The number of hydrogen-bond donors (Lipinski definition) is 2. The lowest BCUT2D eigenvalue weighted by Crippen LogP contribution is -2.47. The maximum absolute atomic E-state index is 14.8. The molecule has 0 bridgehead atoms. The molecule has 1 fully saturated rings. The quantitative estimate of drug-likeness (QED) is 0.448. The van der Waals surface area contributed by atoms with Crippen LogP contribution < -0.4 is 14.3 Å². The molecule has 1 amide bonds. The first-order chi connectivity index (χ1) is 16.8. The molecule has 0 radical (unpaired) electrons. The van der Waals surface area contributed by atoms with E-state index in [-0.39, 0.29) is 17.8 Å². The first-order valence-corrected chi connectivity index (χ1v) is 12.5. The fourth-order valence-electron chi connectivity index (χ4n) is 4.02. The van der Waals surface area contributed by atoms with Gasteiger partial charge in [0, 0.05) is 42.1 Å². The molecule has 10 heteroatoms. The van der Waals surface area contributed by atoms with Crippen LogP contribution in [0.4, 0.5) is 15.8 Å². The summed E-state index contributed by atoms with van der Waals surface area (Å²) in [5.41, 5.74) is 3.81. The van der Waals surface area contributed by atoms with Gasteiger partial charge in [0.15, 0.2) is 0 Å². The Hall–Kier alpha value is -3.89. The van der Waals surface area contributed by atoms with Crippen molar-refractivity contribution in [2.24, 2.45) is 0 Å². The summed E-state index contributed by atoms with van der Waals surface area (Å²) in [6, 6.07) is 14.8. The van der Waals surface area contributed by atoms with Crippen molar-refractivity contribution in [1.29, 1.82) is 0 Å². The fourth-order valence-corrected chi connectivity index (χ4v) is 5.34. The van der Waals surface area contributed by atoms with Crippen LogP contribution in [0.1, 0.15) is 22.3 Å². The highest BCUT2D eigenvalue weighted by molar-refractivity contribution is 7.90. The van der Waals surface area contributed by atoms with Gasteiger partial charge in [-0.1, -0.05) is 6.07 Å². The number of aromatic nitrogens is 2. The van der Waals surface area contributed by atoms with Gasteiger partial charge in [-0.25, -0.2) is 9.37 Å². The number of nitrogens with zero attached hydrogens (tertiary/aromatic N) is 3. The monoisotopic (exact) mass is 491 g/mol. The maximum atomic E-state index is 14.8. The molecule has 2 aromatic heterocycles. The lowest BCUT2D eigenvalue weighted by atomic mass is 10.0.